The molecule has 0 radical (unpaired) electrons. The first-order chi connectivity index (χ1) is 10.8. The van der Waals surface area contributed by atoms with Gasteiger partial charge >= 0.3 is 5.97 Å². The molecule has 0 unspecified atom stereocenters. The molecule has 0 saturated carbocycles. The van der Waals surface area contributed by atoms with E-state index in [0.29, 0.717) is 6.42 Å². The fourth-order valence-corrected chi connectivity index (χ4v) is 2.62. The first kappa shape index (κ1) is 21.2. The van der Waals surface area contributed by atoms with E-state index in [0.717, 1.165) is 12.8 Å². The monoisotopic (exact) mass is 310 g/mol. The van der Waals surface area contributed by atoms with Crippen LogP contribution in [0.15, 0.2) is 12.2 Å². The predicted molar refractivity (Wildman–Crippen MR) is 96.1 cm³/mol. The van der Waals surface area contributed by atoms with Crippen molar-refractivity contribution < 1.29 is 9.53 Å². The quantitative estimate of drug-likeness (QED) is 0.183. The molecule has 0 N–H and O–H groups in total. The summed E-state index contributed by atoms with van der Waals surface area (Å²) in [6.45, 7) is 2.27. The minimum Gasteiger partial charge on any atom is -0.469 e. The number of carbonyl (C=O) groups is 1. The largest absolute Gasteiger partial charge is 0.469 e. The lowest BCUT2D eigenvalue weighted by molar-refractivity contribution is -0.140. The summed E-state index contributed by atoms with van der Waals surface area (Å²) < 4.78 is 4.63. The van der Waals surface area contributed by atoms with Crippen LogP contribution in [0.4, 0.5) is 0 Å². The van der Waals surface area contributed by atoms with Gasteiger partial charge in [0.1, 0.15) is 0 Å². The molecule has 0 heterocycles. The van der Waals surface area contributed by atoms with Crippen molar-refractivity contribution in [2.75, 3.05) is 7.11 Å². The van der Waals surface area contributed by atoms with Crippen molar-refractivity contribution >= 4 is 5.97 Å². The Morgan fingerprint density at radius 1 is 0.727 bits per heavy atom. The van der Waals surface area contributed by atoms with Gasteiger partial charge in [0.2, 0.25) is 0 Å². The van der Waals surface area contributed by atoms with Gasteiger partial charge in [0.15, 0.2) is 0 Å². The SMILES string of the molecule is CCCCCCCCC/C=C\CCCCCCCC(=O)OC. The van der Waals surface area contributed by atoms with Crippen molar-refractivity contribution in [1.29, 1.82) is 0 Å². The minimum absolute atomic E-state index is 0.0757. The van der Waals surface area contributed by atoms with Gasteiger partial charge in [0.25, 0.3) is 0 Å². The van der Waals surface area contributed by atoms with Crippen molar-refractivity contribution in [1.82, 2.24) is 0 Å². The molecular formula is C20H38O2. The lowest BCUT2D eigenvalue weighted by Gasteiger charge is -2.00. The second-order valence-corrected chi connectivity index (χ2v) is 6.26. The molecule has 0 amide bonds. The average Bonchev–Trinajstić information content (AvgIpc) is 2.54. The lowest BCUT2D eigenvalue weighted by atomic mass is 10.1. The Labute approximate surface area is 138 Å². The van der Waals surface area contributed by atoms with E-state index in [1.165, 1.54) is 84.2 Å². The van der Waals surface area contributed by atoms with E-state index >= 15 is 0 Å². The van der Waals surface area contributed by atoms with Gasteiger partial charge < -0.3 is 4.74 Å². The summed E-state index contributed by atoms with van der Waals surface area (Å²) >= 11 is 0. The fraction of sp³-hybridized carbons (Fsp3) is 0.850. The molecule has 0 saturated heterocycles. The van der Waals surface area contributed by atoms with Crippen LogP contribution in [0, 0.1) is 0 Å². The maximum absolute atomic E-state index is 10.9. The minimum atomic E-state index is -0.0757. The zero-order valence-corrected chi connectivity index (χ0v) is 15.1. The second-order valence-electron chi connectivity index (χ2n) is 6.26. The van der Waals surface area contributed by atoms with Crippen LogP contribution in [0.25, 0.3) is 0 Å². The Balaban J connectivity index is 3.10. The number of methoxy groups -OCH3 is 1. The van der Waals surface area contributed by atoms with Crippen LogP contribution in [-0.2, 0) is 9.53 Å². The van der Waals surface area contributed by atoms with Crippen molar-refractivity contribution in [3.05, 3.63) is 12.2 Å². The molecule has 0 aromatic heterocycles. The van der Waals surface area contributed by atoms with Gasteiger partial charge in [-0.1, -0.05) is 76.9 Å². The highest BCUT2D eigenvalue weighted by Gasteiger charge is 1.98. The number of unbranched alkanes of at least 4 members (excludes halogenated alkanes) is 12. The Hall–Kier alpha value is -0.790. The van der Waals surface area contributed by atoms with Crippen LogP contribution in [0.1, 0.15) is 103 Å². The van der Waals surface area contributed by atoms with Crippen molar-refractivity contribution in [2.24, 2.45) is 0 Å². The predicted octanol–water partition coefficient (Wildman–Crippen LogP) is 6.59. The molecule has 0 aromatic carbocycles. The molecule has 130 valence electrons. The van der Waals surface area contributed by atoms with Gasteiger partial charge in [-0.3, -0.25) is 4.79 Å². The molecular weight excluding hydrogens is 272 g/mol. The van der Waals surface area contributed by atoms with Crippen molar-refractivity contribution in [2.45, 2.75) is 103 Å². The number of hydrogen-bond acceptors (Lipinski definition) is 2. The normalized spacial score (nSPS) is 11.2. The zero-order chi connectivity index (χ0) is 16.3. The van der Waals surface area contributed by atoms with Crippen LogP contribution >= 0.6 is 0 Å². The highest BCUT2D eigenvalue weighted by atomic mass is 16.5. The molecule has 0 spiro atoms. The highest BCUT2D eigenvalue weighted by Crippen LogP contribution is 2.10. The molecule has 0 aliphatic carbocycles. The van der Waals surface area contributed by atoms with E-state index in [2.05, 4.69) is 23.8 Å². The summed E-state index contributed by atoms with van der Waals surface area (Å²) in [6.07, 6.45) is 23.5. The van der Waals surface area contributed by atoms with E-state index in [1.54, 1.807) is 0 Å². The van der Waals surface area contributed by atoms with E-state index in [1.807, 2.05) is 0 Å². The third-order valence-corrected chi connectivity index (χ3v) is 4.12. The molecule has 22 heavy (non-hydrogen) atoms. The molecule has 0 aliphatic heterocycles. The Bertz CT molecular complexity index is 258. The van der Waals surface area contributed by atoms with Crippen LogP contribution in [0.2, 0.25) is 0 Å². The molecule has 0 aliphatic rings. The molecule has 0 rings (SSSR count). The van der Waals surface area contributed by atoms with Crippen molar-refractivity contribution in [3.8, 4) is 0 Å². The molecule has 0 bridgehead atoms. The summed E-state index contributed by atoms with van der Waals surface area (Å²) in [5.41, 5.74) is 0. The third kappa shape index (κ3) is 17.3. The third-order valence-electron chi connectivity index (χ3n) is 4.12. The molecule has 0 atom stereocenters. The van der Waals surface area contributed by atoms with Crippen molar-refractivity contribution in [3.63, 3.8) is 0 Å². The van der Waals surface area contributed by atoms with Gasteiger partial charge in [-0.25, -0.2) is 0 Å². The van der Waals surface area contributed by atoms with Gasteiger partial charge in [-0.05, 0) is 32.1 Å². The summed E-state index contributed by atoms with van der Waals surface area (Å²) in [6, 6.07) is 0. The van der Waals surface area contributed by atoms with E-state index < -0.39 is 0 Å². The first-order valence-corrected chi connectivity index (χ1v) is 9.53. The number of ether oxygens (including phenoxy) is 1. The summed E-state index contributed by atoms with van der Waals surface area (Å²) in [4.78, 5) is 10.9. The molecule has 0 fully saturated rings. The maximum atomic E-state index is 10.9. The Kier molecular flexibility index (Phi) is 17.6. The van der Waals surface area contributed by atoms with E-state index in [9.17, 15) is 4.79 Å². The average molecular weight is 311 g/mol. The lowest BCUT2D eigenvalue weighted by Crippen LogP contribution is -1.98. The topological polar surface area (TPSA) is 26.3 Å². The zero-order valence-electron chi connectivity index (χ0n) is 15.1. The molecule has 2 heteroatoms. The number of rotatable bonds is 16. The molecule has 2 nitrogen and oxygen atoms in total. The van der Waals surface area contributed by atoms with Gasteiger partial charge in [-0.15, -0.1) is 0 Å². The van der Waals surface area contributed by atoms with Crippen LogP contribution in [-0.4, -0.2) is 13.1 Å². The fourth-order valence-electron chi connectivity index (χ4n) is 2.62. The Morgan fingerprint density at radius 3 is 1.68 bits per heavy atom. The van der Waals surface area contributed by atoms with E-state index in [-0.39, 0.29) is 5.97 Å². The summed E-state index contributed by atoms with van der Waals surface area (Å²) in [5, 5.41) is 0. The standard InChI is InChI=1S/C20H38O2/c1-3-4-5-6-7-8-9-10-11-12-13-14-15-16-17-18-19-20(21)22-2/h11-12H,3-10,13-19H2,1-2H3/b12-11-. The van der Waals surface area contributed by atoms with Gasteiger partial charge in [0.05, 0.1) is 7.11 Å². The second kappa shape index (κ2) is 18.3. The van der Waals surface area contributed by atoms with Crippen LogP contribution < -0.4 is 0 Å². The van der Waals surface area contributed by atoms with Crippen LogP contribution in [0.5, 0.6) is 0 Å². The number of carbonyl (C=O) groups excluding carboxylic acids is 1. The number of allylic oxidation sites excluding steroid dienone is 2. The number of hydrogen-bond donors (Lipinski definition) is 0. The van der Waals surface area contributed by atoms with Gasteiger partial charge in [0, 0.05) is 6.42 Å². The summed E-state index contributed by atoms with van der Waals surface area (Å²) in [5.74, 6) is -0.0757. The summed E-state index contributed by atoms with van der Waals surface area (Å²) in [7, 11) is 1.46. The maximum Gasteiger partial charge on any atom is 0.305 e. The first-order valence-electron chi connectivity index (χ1n) is 9.53. The molecule has 0 aromatic rings. The van der Waals surface area contributed by atoms with E-state index in [4.69, 9.17) is 0 Å². The van der Waals surface area contributed by atoms with Crippen LogP contribution in [0.3, 0.4) is 0 Å². The Morgan fingerprint density at radius 2 is 1.18 bits per heavy atom. The number of esters is 1. The van der Waals surface area contributed by atoms with Gasteiger partial charge in [-0.2, -0.15) is 0 Å². The highest BCUT2D eigenvalue weighted by molar-refractivity contribution is 5.68. The smallest absolute Gasteiger partial charge is 0.305 e.